The molecule has 7 rings (SSSR count). The van der Waals surface area contributed by atoms with E-state index in [2.05, 4.69) is 82.5 Å². The van der Waals surface area contributed by atoms with Gasteiger partial charge in [-0.05, 0) is 127 Å². The smallest absolute Gasteiger partial charge is 0.307 e. The maximum absolute atomic E-state index is 13.6. The summed E-state index contributed by atoms with van der Waals surface area (Å²) in [5, 5.41) is 22.6. The number of methoxy groups -OCH3 is 1. The van der Waals surface area contributed by atoms with E-state index in [1.807, 2.05) is 31.3 Å². The normalized spacial score (nSPS) is 19.3. The van der Waals surface area contributed by atoms with Gasteiger partial charge in [0.2, 0.25) is 0 Å². The van der Waals surface area contributed by atoms with Crippen molar-refractivity contribution in [2.75, 3.05) is 38.6 Å². The van der Waals surface area contributed by atoms with Crippen molar-refractivity contribution < 1.29 is 24.5 Å². The lowest BCUT2D eigenvalue weighted by molar-refractivity contribution is -0.141. The van der Waals surface area contributed by atoms with Crippen LogP contribution in [-0.4, -0.2) is 76.3 Å². The summed E-state index contributed by atoms with van der Waals surface area (Å²) < 4.78 is 5.79. The molecular weight excluding hydrogens is 665 g/mol. The fourth-order valence-electron chi connectivity index (χ4n) is 7.96. The molecule has 1 aliphatic carbocycles. The molecule has 0 spiro atoms. The second kappa shape index (κ2) is 15.6. The van der Waals surface area contributed by atoms with Gasteiger partial charge >= 0.3 is 5.97 Å². The number of rotatable bonds is 12. The maximum atomic E-state index is 13.6. The number of pyridine rings is 1. The van der Waals surface area contributed by atoms with Gasteiger partial charge in [0.25, 0.3) is 5.91 Å². The second-order valence-electron chi connectivity index (χ2n) is 15.1. The Kier molecular flexibility index (Phi) is 10.8. The average molecular weight is 715 g/mol. The molecule has 3 aromatic carbocycles. The highest BCUT2D eigenvalue weighted by atomic mass is 16.5. The average Bonchev–Trinajstić information content (AvgIpc) is 3.74. The van der Waals surface area contributed by atoms with Crippen LogP contribution < -0.4 is 10.1 Å². The van der Waals surface area contributed by atoms with E-state index in [-0.39, 0.29) is 17.9 Å². The van der Waals surface area contributed by atoms with E-state index >= 15 is 0 Å². The van der Waals surface area contributed by atoms with Crippen molar-refractivity contribution in [3.63, 3.8) is 0 Å². The third-order valence-corrected chi connectivity index (χ3v) is 11.3. The monoisotopic (exact) mass is 714 g/mol. The van der Waals surface area contributed by atoms with Crippen LogP contribution in [0.1, 0.15) is 86.6 Å². The number of carbonyl (C=O) groups excluding carboxylic acids is 1. The number of hydrogen-bond donors (Lipinski definition) is 3. The summed E-state index contributed by atoms with van der Waals surface area (Å²) in [6, 6.07) is 18.5. The summed E-state index contributed by atoms with van der Waals surface area (Å²) in [7, 11) is 1.68. The summed E-state index contributed by atoms with van der Waals surface area (Å²) in [6.45, 7) is 10.6. The minimum absolute atomic E-state index is 0.217. The lowest BCUT2D eigenvalue weighted by atomic mass is 9.92. The van der Waals surface area contributed by atoms with Crippen LogP contribution in [-0.2, 0) is 17.9 Å². The first-order chi connectivity index (χ1) is 25.6. The number of benzene rings is 3. The van der Waals surface area contributed by atoms with Crippen molar-refractivity contribution in [1.82, 2.24) is 14.8 Å². The zero-order valence-corrected chi connectivity index (χ0v) is 31.2. The zero-order valence-electron chi connectivity index (χ0n) is 31.2. The second-order valence-corrected chi connectivity index (χ2v) is 15.1. The highest BCUT2D eigenvalue weighted by Crippen LogP contribution is 2.42. The third kappa shape index (κ3) is 8.23. The molecule has 3 heterocycles. The molecule has 9 nitrogen and oxygen atoms in total. The quantitative estimate of drug-likeness (QED) is 0.130. The molecule has 1 aromatic heterocycles. The van der Waals surface area contributed by atoms with Crippen molar-refractivity contribution in [2.45, 2.75) is 71.6 Å². The molecule has 3 fully saturated rings. The van der Waals surface area contributed by atoms with Gasteiger partial charge in [0, 0.05) is 50.2 Å². The number of aliphatic carboxylic acids is 1. The van der Waals surface area contributed by atoms with Crippen LogP contribution >= 0.6 is 0 Å². The maximum Gasteiger partial charge on any atom is 0.307 e. The molecule has 1 saturated carbocycles. The van der Waals surface area contributed by atoms with E-state index in [1.165, 1.54) is 5.56 Å². The number of aliphatic hydroxyl groups excluding tert-OH is 1. The Morgan fingerprint density at radius 2 is 1.57 bits per heavy atom. The number of nitrogens with zero attached hydrogens (tertiary/aromatic N) is 3. The summed E-state index contributed by atoms with van der Waals surface area (Å²) in [5.74, 6) is 0.0221. The van der Waals surface area contributed by atoms with Crippen LogP contribution in [0.3, 0.4) is 0 Å². The molecule has 2 aliphatic heterocycles. The molecule has 3 aliphatic rings. The Balaban J connectivity index is 1.07. The first-order valence-electron chi connectivity index (χ1n) is 18.8. The van der Waals surface area contributed by atoms with Gasteiger partial charge in [-0.1, -0.05) is 48.6 Å². The van der Waals surface area contributed by atoms with Crippen LogP contribution in [0.15, 0.2) is 60.8 Å². The summed E-state index contributed by atoms with van der Waals surface area (Å²) in [5.41, 5.74) is 12.2. The summed E-state index contributed by atoms with van der Waals surface area (Å²) in [4.78, 5) is 34.1. The van der Waals surface area contributed by atoms with Gasteiger partial charge in [0.05, 0.1) is 19.1 Å². The first-order valence-corrected chi connectivity index (χ1v) is 18.8. The minimum Gasteiger partial charge on any atom is -0.496 e. The van der Waals surface area contributed by atoms with Gasteiger partial charge in [0.15, 0.2) is 0 Å². The SMILES string of the molecule is COc1cc(/C=C/c2cccc(-c3cccc(NC(=O)c4cc(C5CC5)c(CN5CC[C@@H](O)C5)cn4)c3C)c2C)c(C)cc1CN1CC[C@@H](C(=O)O)C1. The fraction of sp³-hybridized carbons (Fsp3) is 0.386. The lowest BCUT2D eigenvalue weighted by Gasteiger charge is -2.19. The molecule has 2 saturated heterocycles. The largest absolute Gasteiger partial charge is 0.496 e. The molecule has 1 amide bonds. The van der Waals surface area contributed by atoms with E-state index in [0.717, 1.165) is 100 Å². The van der Waals surface area contributed by atoms with Crippen LogP contribution in [0.2, 0.25) is 0 Å². The van der Waals surface area contributed by atoms with Crippen LogP contribution in [0.25, 0.3) is 23.3 Å². The molecule has 9 heteroatoms. The number of β-amino-alcohol motifs (C(OH)–C–C–N with tert-alkyl or cyclic N) is 1. The number of aromatic nitrogens is 1. The zero-order chi connectivity index (χ0) is 37.2. The number of carboxylic acid groups (broad SMARTS) is 1. The molecule has 2 atom stereocenters. The number of aryl methyl sites for hydroxylation is 1. The van der Waals surface area contributed by atoms with Gasteiger partial charge in [-0.2, -0.15) is 0 Å². The van der Waals surface area contributed by atoms with E-state index in [1.54, 1.807) is 7.11 Å². The molecule has 4 aromatic rings. The lowest BCUT2D eigenvalue weighted by Crippen LogP contribution is -2.23. The number of hydrogen-bond acceptors (Lipinski definition) is 7. The Morgan fingerprint density at radius 3 is 2.26 bits per heavy atom. The molecule has 3 N–H and O–H groups in total. The molecule has 53 heavy (non-hydrogen) atoms. The van der Waals surface area contributed by atoms with Crippen LogP contribution in [0.4, 0.5) is 5.69 Å². The number of amides is 1. The number of likely N-dealkylation sites (tertiary alicyclic amines) is 2. The van der Waals surface area contributed by atoms with Crippen molar-refractivity contribution in [3.05, 3.63) is 111 Å². The van der Waals surface area contributed by atoms with Gasteiger partial charge in [0.1, 0.15) is 11.4 Å². The van der Waals surface area contributed by atoms with E-state index < -0.39 is 5.97 Å². The van der Waals surface area contributed by atoms with Crippen molar-refractivity contribution in [2.24, 2.45) is 5.92 Å². The Morgan fingerprint density at radius 1 is 0.868 bits per heavy atom. The number of ether oxygens (including phenoxy) is 1. The van der Waals surface area contributed by atoms with Crippen molar-refractivity contribution in [3.8, 4) is 16.9 Å². The Labute approximate surface area is 312 Å². The first kappa shape index (κ1) is 36.5. The molecule has 276 valence electrons. The fourth-order valence-corrected chi connectivity index (χ4v) is 7.96. The van der Waals surface area contributed by atoms with Crippen molar-refractivity contribution in [1.29, 1.82) is 0 Å². The molecular formula is C44H50N4O5. The van der Waals surface area contributed by atoms with Gasteiger partial charge in [-0.15, -0.1) is 0 Å². The predicted molar refractivity (Wildman–Crippen MR) is 209 cm³/mol. The number of carboxylic acids is 1. The summed E-state index contributed by atoms with van der Waals surface area (Å²) in [6.07, 6.45) is 9.59. The number of aliphatic hydroxyl groups is 1. The van der Waals surface area contributed by atoms with E-state index in [9.17, 15) is 19.8 Å². The number of anilines is 1. The highest BCUT2D eigenvalue weighted by molar-refractivity contribution is 6.04. The topological polar surface area (TPSA) is 115 Å². The standard InChI is InChI=1S/C44H50N4O5/c1-27-19-34(24-47-17-15-33(23-47)44(51)52)42(53-4)20-32(27)14-11-30-7-5-8-37(28(30)2)38-9-6-10-40(29(38)3)46-43(50)41-21-39(31-12-13-31)35(22-45-41)25-48-18-16-36(49)26-48/h5-11,14,19-22,31,33,36,49H,12-13,15-18,23-26H2,1-4H3,(H,46,50)(H,51,52)/b14-11+/t33-,36-/m1/s1. The predicted octanol–water partition coefficient (Wildman–Crippen LogP) is 7.46. The van der Waals surface area contributed by atoms with Crippen molar-refractivity contribution >= 4 is 29.7 Å². The molecule has 0 radical (unpaired) electrons. The summed E-state index contributed by atoms with van der Waals surface area (Å²) >= 11 is 0. The van der Waals surface area contributed by atoms with Gasteiger partial charge in [-0.25, -0.2) is 0 Å². The van der Waals surface area contributed by atoms with Gasteiger partial charge in [-0.3, -0.25) is 24.4 Å². The molecule has 0 unspecified atom stereocenters. The van der Waals surface area contributed by atoms with Gasteiger partial charge < -0.3 is 20.3 Å². The Bertz CT molecular complexity index is 2050. The van der Waals surface area contributed by atoms with Crippen LogP contribution in [0.5, 0.6) is 5.75 Å². The molecule has 0 bridgehead atoms. The van der Waals surface area contributed by atoms with E-state index in [4.69, 9.17) is 4.74 Å². The van der Waals surface area contributed by atoms with Crippen LogP contribution in [0, 0.1) is 26.7 Å². The Hall–Kier alpha value is -4.83. The highest BCUT2D eigenvalue weighted by Gasteiger charge is 2.30. The third-order valence-electron chi connectivity index (χ3n) is 11.3. The number of nitrogens with one attached hydrogen (secondary N) is 1. The van der Waals surface area contributed by atoms with E-state index in [0.29, 0.717) is 37.7 Å². The number of carbonyl (C=O) groups is 2. The minimum atomic E-state index is -0.724.